The third-order valence-electron chi connectivity index (χ3n) is 4.30. The number of hydrogen-bond donors (Lipinski definition) is 3. The van der Waals surface area contributed by atoms with Gasteiger partial charge in [-0.15, -0.1) is 0 Å². The number of para-hydroxylation sites is 1. The number of carbonyl (C=O) groups excluding carboxylic acids is 1. The summed E-state index contributed by atoms with van der Waals surface area (Å²) in [5, 5.41) is 25.8. The number of aromatic nitrogens is 2. The van der Waals surface area contributed by atoms with E-state index in [4.69, 9.17) is 16.7 Å². The van der Waals surface area contributed by atoms with Gasteiger partial charge in [0.25, 0.3) is 5.91 Å². The average Bonchev–Trinajstić information content (AvgIpc) is 3.08. The molecule has 162 valence electrons. The Morgan fingerprint density at radius 2 is 1.84 bits per heavy atom. The predicted octanol–water partition coefficient (Wildman–Crippen LogP) is 4.20. The monoisotopic (exact) mass is 453 g/mol. The summed E-state index contributed by atoms with van der Waals surface area (Å²) >= 11 is 6.06. The molecular weight excluding hydrogens is 439 g/mol. The first-order valence-corrected chi connectivity index (χ1v) is 9.18. The van der Waals surface area contributed by atoms with Crippen molar-refractivity contribution in [2.24, 2.45) is 0 Å². The lowest BCUT2D eigenvalue weighted by Gasteiger charge is -2.18. The summed E-state index contributed by atoms with van der Waals surface area (Å²) in [6, 6.07) is 10.2. The molecule has 0 aliphatic carbocycles. The summed E-state index contributed by atoms with van der Waals surface area (Å²) in [6.45, 7) is 0. The van der Waals surface area contributed by atoms with Gasteiger partial charge in [-0.1, -0.05) is 35.9 Å². The molecule has 1 unspecified atom stereocenters. The molecule has 0 saturated carbocycles. The van der Waals surface area contributed by atoms with E-state index in [1.165, 1.54) is 6.07 Å². The highest BCUT2D eigenvalue weighted by molar-refractivity contribution is 6.32. The Morgan fingerprint density at radius 3 is 2.48 bits per heavy atom. The Kier molecular flexibility index (Phi) is 6.21. The first-order chi connectivity index (χ1) is 14.6. The van der Waals surface area contributed by atoms with Crippen molar-refractivity contribution in [1.82, 2.24) is 15.1 Å². The normalized spacial score (nSPS) is 12.4. The lowest BCUT2D eigenvalue weighted by atomic mass is 10.0. The van der Waals surface area contributed by atoms with Crippen LogP contribution in [0.4, 0.5) is 13.2 Å². The van der Waals surface area contributed by atoms with Gasteiger partial charge in [0.05, 0.1) is 28.7 Å². The van der Waals surface area contributed by atoms with Crippen molar-refractivity contribution in [2.75, 3.05) is 0 Å². The summed E-state index contributed by atoms with van der Waals surface area (Å²) in [5.41, 5.74) is -1.00. The van der Waals surface area contributed by atoms with Crippen LogP contribution in [0.5, 0.6) is 5.88 Å². The molecule has 3 rings (SSSR count). The number of carboxylic acid groups (broad SMARTS) is 1. The van der Waals surface area contributed by atoms with Gasteiger partial charge in [0.1, 0.15) is 0 Å². The maximum atomic E-state index is 13.0. The Morgan fingerprint density at radius 1 is 1.13 bits per heavy atom. The number of amides is 1. The molecule has 31 heavy (non-hydrogen) atoms. The number of aliphatic carboxylic acids is 1. The molecule has 0 fully saturated rings. The fourth-order valence-corrected chi connectivity index (χ4v) is 3.09. The number of carbonyl (C=O) groups is 2. The zero-order valence-corrected chi connectivity index (χ0v) is 16.4. The van der Waals surface area contributed by atoms with Gasteiger partial charge in [-0.3, -0.25) is 9.59 Å². The Balaban J connectivity index is 1.90. The summed E-state index contributed by atoms with van der Waals surface area (Å²) in [7, 11) is 0. The van der Waals surface area contributed by atoms with Crippen LogP contribution in [0, 0.1) is 0 Å². The molecule has 1 aromatic heterocycles. The molecule has 1 amide bonds. The smallest absolute Gasteiger partial charge is 0.416 e. The molecular formula is C20H15ClF3N3O4. The third kappa shape index (κ3) is 5.15. The third-order valence-corrected chi connectivity index (χ3v) is 4.62. The standard InChI is InChI=1S/C20H15ClF3N3O4/c21-13-6-1-2-7-16(13)27-17(28)9-15(26-27)19(31)25-14(10-18(29)30)11-4-3-5-12(8-11)20(22,23)24/h1-9,14,28H,10H2,(H,25,31)(H,29,30). The number of rotatable bonds is 6. The van der Waals surface area contributed by atoms with Crippen molar-refractivity contribution in [3.8, 4) is 11.6 Å². The molecule has 0 bridgehead atoms. The summed E-state index contributed by atoms with van der Waals surface area (Å²) in [6.07, 6.45) is -5.29. The minimum Gasteiger partial charge on any atom is -0.493 e. The van der Waals surface area contributed by atoms with Crippen LogP contribution in [0.3, 0.4) is 0 Å². The number of alkyl halides is 3. The Labute approximate surface area is 178 Å². The van der Waals surface area contributed by atoms with Crippen LogP contribution in [0.1, 0.15) is 34.1 Å². The van der Waals surface area contributed by atoms with Gasteiger partial charge in [-0.2, -0.15) is 23.0 Å². The highest BCUT2D eigenvalue weighted by Crippen LogP contribution is 2.31. The Bertz CT molecular complexity index is 1130. The molecule has 11 heteroatoms. The fraction of sp³-hybridized carbons (Fsp3) is 0.150. The van der Waals surface area contributed by atoms with Gasteiger partial charge >= 0.3 is 12.1 Å². The van der Waals surface area contributed by atoms with Crippen LogP contribution < -0.4 is 5.32 Å². The number of nitrogens with one attached hydrogen (secondary N) is 1. The second-order valence-corrected chi connectivity index (χ2v) is 6.91. The van der Waals surface area contributed by atoms with E-state index in [2.05, 4.69) is 10.4 Å². The Hall–Kier alpha value is -3.53. The van der Waals surface area contributed by atoms with Crippen LogP contribution in [-0.4, -0.2) is 31.9 Å². The quantitative estimate of drug-likeness (QED) is 0.519. The molecule has 0 aliphatic heterocycles. The number of halogens is 4. The topological polar surface area (TPSA) is 104 Å². The number of benzene rings is 2. The van der Waals surface area contributed by atoms with E-state index in [9.17, 15) is 27.9 Å². The van der Waals surface area contributed by atoms with E-state index in [1.807, 2.05) is 0 Å². The minimum atomic E-state index is -4.63. The molecule has 3 aromatic rings. The van der Waals surface area contributed by atoms with Crippen LogP contribution in [0.25, 0.3) is 5.69 Å². The van der Waals surface area contributed by atoms with Gasteiger partial charge in [0, 0.05) is 6.07 Å². The van der Waals surface area contributed by atoms with Crippen molar-refractivity contribution in [3.63, 3.8) is 0 Å². The summed E-state index contributed by atoms with van der Waals surface area (Å²) in [5.74, 6) is -2.62. The van der Waals surface area contributed by atoms with E-state index in [-0.39, 0.29) is 16.3 Å². The summed E-state index contributed by atoms with van der Waals surface area (Å²) < 4.78 is 40.0. The largest absolute Gasteiger partial charge is 0.493 e. The van der Waals surface area contributed by atoms with Crippen LogP contribution in [0.2, 0.25) is 5.02 Å². The minimum absolute atomic E-state index is 0.0414. The van der Waals surface area contributed by atoms with E-state index in [0.717, 1.165) is 28.9 Å². The number of aromatic hydroxyl groups is 1. The highest BCUT2D eigenvalue weighted by atomic mass is 35.5. The molecule has 0 aliphatic rings. The molecule has 0 radical (unpaired) electrons. The molecule has 3 N–H and O–H groups in total. The molecule has 0 spiro atoms. The number of carboxylic acids is 1. The van der Waals surface area contributed by atoms with E-state index < -0.39 is 42.0 Å². The highest BCUT2D eigenvalue weighted by Gasteiger charge is 2.31. The first kappa shape index (κ1) is 22.2. The van der Waals surface area contributed by atoms with Crippen molar-refractivity contribution in [3.05, 3.63) is 76.4 Å². The molecule has 1 heterocycles. The van der Waals surface area contributed by atoms with Crippen LogP contribution in [-0.2, 0) is 11.0 Å². The van der Waals surface area contributed by atoms with Gasteiger partial charge in [0.2, 0.25) is 5.88 Å². The van der Waals surface area contributed by atoms with Crippen LogP contribution >= 0.6 is 11.6 Å². The molecule has 7 nitrogen and oxygen atoms in total. The maximum absolute atomic E-state index is 13.0. The van der Waals surface area contributed by atoms with Gasteiger partial charge in [-0.05, 0) is 29.8 Å². The maximum Gasteiger partial charge on any atom is 0.416 e. The average molecular weight is 454 g/mol. The SMILES string of the molecule is O=C(O)CC(NC(=O)c1cc(O)n(-c2ccccc2Cl)n1)c1cccc(C(F)(F)F)c1. The van der Waals surface area contributed by atoms with E-state index in [1.54, 1.807) is 24.3 Å². The van der Waals surface area contributed by atoms with E-state index >= 15 is 0 Å². The number of nitrogens with zero attached hydrogens (tertiary/aromatic N) is 2. The molecule has 2 aromatic carbocycles. The lowest BCUT2D eigenvalue weighted by molar-refractivity contribution is -0.138. The van der Waals surface area contributed by atoms with E-state index in [0.29, 0.717) is 5.69 Å². The van der Waals surface area contributed by atoms with Gasteiger partial charge in [0.15, 0.2) is 5.69 Å². The second kappa shape index (κ2) is 8.68. The second-order valence-electron chi connectivity index (χ2n) is 6.50. The van der Waals surface area contributed by atoms with Crippen molar-refractivity contribution in [2.45, 2.75) is 18.6 Å². The van der Waals surface area contributed by atoms with Crippen LogP contribution in [0.15, 0.2) is 54.6 Å². The first-order valence-electron chi connectivity index (χ1n) is 8.80. The molecule has 0 saturated heterocycles. The lowest BCUT2D eigenvalue weighted by Crippen LogP contribution is -2.30. The zero-order chi connectivity index (χ0) is 22.8. The number of hydrogen-bond acceptors (Lipinski definition) is 4. The van der Waals surface area contributed by atoms with Crippen molar-refractivity contribution < 1.29 is 33.0 Å². The summed E-state index contributed by atoms with van der Waals surface area (Å²) in [4.78, 5) is 23.8. The fourth-order valence-electron chi connectivity index (χ4n) is 2.87. The zero-order valence-electron chi connectivity index (χ0n) is 15.6. The van der Waals surface area contributed by atoms with Gasteiger partial charge < -0.3 is 15.5 Å². The van der Waals surface area contributed by atoms with Crippen molar-refractivity contribution in [1.29, 1.82) is 0 Å². The molecule has 1 atom stereocenters. The van der Waals surface area contributed by atoms with Crippen molar-refractivity contribution >= 4 is 23.5 Å². The predicted molar refractivity (Wildman–Crippen MR) is 104 cm³/mol. The van der Waals surface area contributed by atoms with Gasteiger partial charge in [-0.25, -0.2) is 0 Å².